The average molecular weight is 342 g/mol. The van der Waals surface area contributed by atoms with Gasteiger partial charge in [0.05, 0.1) is 12.7 Å². The Morgan fingerprint density at radius 2 is 1.92 bits per heavy atom. The Hall–Kier alpha value is -3.29. The van der Waals surface area contributed by atoms with Gasteiger partial charge >= 0.3 is 12.0 Å². The summed E-state index contributed by atoms with van der Waals surface area (Å²) in [6.07, 6.45) is 0. The Kier molecular flexibility index (Phi) is 4.69. The predicted molar refractivity (Wildman–Crippen MR) is 90.3 cm³/mol. The summed E-state index contributed by atoms with van der Waals surface area (Å²) in [5, 5.41) is 12.9. The van der Waals surface area contributed by atoms with Crippen LogP contribution in [0.25, 0.3) is 11.5 Å². The average Bonchev–Trinajstić information content (AvgIpc) is 3.19. The van der Waals surface area contributed by atoms with Crippen molar-refractivity contribution in [3.63, 3.8) is 0 Å². The first-order valence-electron chi connectivity index (χ1n) is 7.64. The Labute approximate surface area is 144 Å². The number of amides is 2. The molecule has 0 aliphatic carbocycles. The maximum absolute atomic E-state index is 11.9. The number of ether oxygens (including phenoxy) is 1. The molecule has 2 aromatic heterocycles. The van der Waals surface area contributed by atoms with Gasteiger partial charge in [-0.05, 0) is 37.6 Å². The van der Waals surface area contributed by atoms with Crippen LogP contribution in [-0.4, -0.2) is 23.3 Å². The number of carbonyl (C=O) groups is 1. The van der Waals surface area contributed by atoms with Gasteiger partial charge < -0.3 is 18.9 Å². The summed E-state index contributed by atoms with van der Waals surface area (Å²) >= 11 is 0. The van der Waals surface area contributed by atoms with Crippen molar-refractivity contribution in [2.24, 2.45) is 0 Å². The van der Waals surface area contributed by atoms with Crippen molar-refractivity contribution >= 4 is 12.0 Å². The van der Waals surface area contributed by atoms with Gasteiger partial charge in [-0.25, -0.2) is 4.79 Å². The minimum Gasteiger partial charge on any atom is -0.497 e. The third-order valence-electron chi connectivity index (χ3n) is 3.53. The smallest absolute Gasteiger partial charge is 0.324 e. The molecule has 3 aromatic rings. The number of carbonyl (C=O) groups excluding carboxylic acids is 1. The van der Waals surface area contributed by atoms with E-state index in [9.17, 15) is 4.79 Å². The maximum atomic E-state index is 11.9. The molecule has 2 N–H and O–H groups in total. The van der Waals surface area contributed by atoms with Gasteiger partial charge in [0.1, 0.15) is 17.3 Å². The SMILES string of the molecule is COc1ccc(CNC(=O)Nc2nnc(-c3cc(C)oc3C)o2)cc1. The van der Waals surface area contributed by atoms with E-state index >= 15 is 0 Å². The first-order chi connectivity index (χ1) is 12.0. The number of benzene rings is 1. The predicted octanol–water partition coefficient (Wildman–Crippen LogP) is 3.28. The quantitative estimate of drug-likeness (QED) is 0.738. The normalized spacial score (nSPS) is 10.5. The van der Waals surface area contributed by atoms with Crippen molar-refractivity contribution in [1.29, 1.82) is 0 Å². The second kappa shape index (κ2) is 7.08. The maximum Gasteiger partial charge on any atom is 0.324 e. The van der Waals surface area contributed by atoms with E-state index in [1.54, 1.807) is 20.1 Å². The highest BCUT2D eigenvalue weighted by atomic mass is 16.5. The van der Waals surface area contributed by atoms with Crippen molar-refractivity contribution in [2.75, 3.05) is 12.4 Å². The van der Waals surface area contributed by atoms with Crippen LogP contribution in [0, 0.1) is 13.8 Å². The van der Waals surface area contributed by atoms with Gasteiger partial charge in [-0.3, -0.25) is 5.32 Å². The van der Waals surface area contributed by atoms with Crippen LogP contribution in [-0.2, 0) is 6.54 Å². The Morgan fingerprint density at radius 3 is 2.56 bits per heavy atom. The molecule has 8 heteroatoms. The number of urea groups is 1. The van der Waals surface area contributed by atoms with E-state index in [-0.39, 0.29) is 6.01 Å². The Morgan fingerprint density at radius 1 is 1.16 bits per heavy atom. The molecule has 2 amide bonds. The van der Waals surface area contributed by atoms with E-state index < -0.39 is 6.03 Å². The zero-order valence-corrected chi connectivity index (χ0v) is 14.1. The first-order valence-corrected chi connectivity index (χ1v) is 7.64. The van der Waals surface area contributed by atoms with Crippen LogP contribution in [0.2, 0.25) is 0 Å². The van der Waals surface area contributed by atoms with Crippen LogP contribution in [0.5, 0.6) is 5.75 Å². The molecule has 0 spiro atoms. The van der Waals surface area contributed by atoms with Gasteiger partial charge in [-0.2, -0.15) is 0 Å². The molecule has 0 aliphatic rings. The zero-order chi connectivity index (χ0) is 17.8. The number of anilines is 1. The molecule has 2 heterocycles. The standard InChI is InChI=1S/C17H18N4O4/c1-10-8-14(11(2)24-10)15-20-21-17(25-15)19-16(22)18-9-12-4-6-13(23-3)7-5-12/h4-8H,9H2,1-3H3,(H2,18,19,21,22). The molecule has 0 fully saturated rings. The minimum atomic E-state index is -0.439. The molecule has 1 aromatic carbocycles. The highest BCUT2D eigenvalue weighted by molar-refractivity contribution is 5.86. The highest BCUT2D eigenvalue weighted by Crippen LogP contribution is 2.26. The molecule has 0 saturated heterocycles. The lowest BCUT2D eigenvalue weighted by Gasteiger charge is -2.05. The van der Waals surface area contributed by atoms with Gasteiger partial charge in [0.15, 0.2) is 0 Å². The molecule has 8 nitrogen and oxygen atoms in total. The molecule has 130 valence electrons. The number of rotatable bonds is 5. The van der Waals surface area contributed by atoms with Crippen LogP contribution < -0.4 is 15.4 Å². The molecule has 0 bridgehead atoms. The highest BCUT2D eigenvalue weighted by Gasteiger charge is 2.15. The van der Waals surface area contributed by atoms with Gasteiger partial charge in [0.2, 0.25) is 0 Å². The number of furan rings is 1. The van der Waals surface area contributed by atoms with E-state index in [1.165, 1.54) is 0 Å². The van der Waals surface area contributed by atoms with Crippen molar-refractivity contribution in [2.45, 2.75) is 20.4 Å². The number of hydrogen-bond donors (Lipinski definition) is 2. The van der Waals surface area contributed by atoms with E-state index in [0.717, 1.165) is 17.1 Å². The van der Waals surface area contributed by atoms with Crippen LogP contribution in [0.4, 0.5) is 10.8 Å². The number of aromatic nitrogens is 2. The van der Waals surface area contributed by atoms with Crippen LogP contribution in [0.1, 0.15) is 17.1 Å². The molecule has 0 aliphatic heterocycles. The molecular formula is C17H18N4O4. The lowest BCUT2D eigenvalue weighted by Crippen LogP contribution is -2.28. The van der Waals surface area contributed by atoms with Gasteiger partial charge in [-0.15, -0.1) is 5.10 Å². The van der Waals surface area contributed by atoms with Gasteiger partial charge in [0.25, 0.3) is 5.89 Å². The summed E-state index contributed by atoms with van der Waals surface area (Å²) < 4.78 is 16.0. The number of methoxy groups -OCH3 is 1. The van der Waals surface area contributed by atoms with E-state index in [1.807, 2.05) is 31.2 Å². The van der Waals surface area contributed by atoms with Crippen LogP contribution in [0.15, 0.2) is 39.2 Å². The zero-order valence-electron chi connectivity index (χ0n) is 14.1. The number of nitrogens with one attached hydrogen (secondary N) is 2. The van der Waals surface area contributed by atoms with Gasteiger partial charge in [-0.1, -0.05) is 17.2 Å². The third-order valence-corrected chi connectivity index (χ3v) is 3.53. The summed E-state index contributed by atoms with van der Waals surface area (Å²) in [6, 6.07) is 8.77. The van der Waals surface area contributed by atoms with Crippen LogP contribution >= 0.6 is 0 Å². The van der Waals surface area contributed by atoms with Crippen molar-refractivity contribution in [3.05, 3.63) is 47.4 Å². The second-order valence-corrected chi connectivity index (χ2v) is 5.40. The molecular weight excluding hydrogens is 324 g/mol. The van der Waals surface area contributed by atoms with Crippen LogP contribution in [0.3, 0.4) is 0 Å². The molecule has 0 radical (unpaired) electrons. The topological polar surface area (TPSA) is 102 Å². The number of aryl methyl sites for hydroxylation is 2. The first kappa shape index (κ1) is 16.6. The minimum absolute atomic E-state index is 0.0143. The fourth-order valence-electron chi connectivity index (χ4n) is 2.29. The number of nitrogens with zero attached hydrogens (tertiary/aromatic N) is 2. The molecule has 25 heavy (non-hydrogen) atoms. The van der Waals surface area contributed by atoms with Gasteiger partial charge in [0, 0.05) is 6.54 Å². The summed E-state index contributed by atoms with van der Waals surface area (Å²) in [5.74, 6) is 2.48. The number of hydrogen-bond acceptors (Lipinski definition) is 6. The Bertz CT molecular complexity index is 867. The fourth-order valence-corrected chi connectivity index (χ4v) is 2.29. The summed E-state index contributed by atoms with van der Waals surface area (Å²) in [4.78, 5) is 11.9. The van der Waals surface area contributed by atoms with E-state index in [4.69, 9.17) is 13.6 Å². The van der Waals surface area contributed by atoms with E-state index in [0.29, 0.717) is 23.8 Å². The summed E-state index contributed by atoms with van der Waals surface area (Å²) in [5.41, 5.74) is 1.64. The molecule has 0 unspecified atom stereocenters. The monoisotopic (exact) mass is 342 g/mol. The molecule has 0 atom stereocenters. The van der Waals surface area contributed by atoms with Crippen molar-refractivity contribution < 1.29 is 18.4 Å². The second-order valence-electron chi connectivity index (χ2n) is 5.40. The largest absolute Gasteiger partial charge is 0.497 e. The molecule has 3 rings (SSSR count). The lowest BCUT2D eigenvalue weighted by atomic mass is 10.2. The van der Waals surface area contributed by atoms with Crippen molar-refractivity contribution in [1.82, 2.24) is 15.5 Å². The third kappa shape index (κ3) is 3.97. The Balaban J connectivity index is 1.57. The van der Waals surface area contributed by atoms with Crippen molar-refractivity contribution in [3.8, 4) is 17.2 Å². The fraction of sp³-hybridized carbons (Fsp3) is 0.235. The summed E-state index contributed by atoms with van der Waals surface area (Å²) in [6.45, 7) is 4.00. The summed E-state index contributed by atoms with van der Waals surface area (Å²) in [7, 11) is 1.60. The lowest BCUT2D eigenvalue weighted by molar-refractivity contribution is 0.251. The van der Waals surface area contributed by atoms with E-state index in [2.05, 4.69) is 20.8 Å². The molecule has 0 saturated carbocycles.